The zero-order chi connectivity index (χ0) is 12.9. The monoisotopic (exact) mass is 237 g/mol. The highest BCUT2D eigenvalue weighted by Gasteiger charge is 2.09. The summed E-state index contributed by atoms with van der Waals surface area (Å²) < 4.78 is 5.60. The molecule has 0 unspecified atom stereocenters. The number of ether oxygens (including phenoxy) is 1. The van der Waals surface area contributed by atoms with Gasteiger partial charge in [0.05, 0.1) is 10.5 Å². The van der Waals surface area contributed by atoms with Crippen LogP contribution in [0.5, 0.6) is 0 Å². The molecule has 0 fully saturated rings. The molecular formula is C13H19NO3. The summed E-state index contributed by atoms with van der Waals surface area (Å²) in [6.45, 7) is 6.79. The Morgan fingerprint density at radius 2 is 1.82 bits per heavy atom. The van der Waals surface area contributed by atoms with Gasteiger partial charge in [-0.15, -0.1) is 0 Å². The largest absolute Gasteiger partial charge is 0.376 e. The molecule has 0 aliphatic rings. The summed E-state index contributed by atoms with van der Waals surface area (Å²) in [5, 5.41) is 10.5. The van der Waals surface area contributed by atoms with Gasteiger partial charge in [-0.05, 0) is 39.2 Å². The average Bonchev–Trinajstić information content (AvgIpc) is 2.24. The van der Waals surface area contributed by atoms with Crippen LogP contribution in [0.15, 0.2) is 24.3 Å². The van der Waals surface area contributed by atoms with Crippen LogP contribution < -0.4 is 0 Å². The van der Waals surface area contributed by atoms with E-state index in [0.717, 1.165) is 18.4 Å². The fraction of sp³-hybridized carbons (Fsp3) is 0.538. The molecule has 0 atom stereocenters. The van der Waals surface area contributed by atoms with Gasteiger partial charge in [-0.3, -0.25) is 10.1 Å². The SMILES string of the molecule is CC(C)(C)OCCCc1ccc([N+](=O)[O-])cc1. The van der Waals surface area contributed by atoms with Crippen molar-refractivity contribution < 1.29 is 9.66 Å². The summed E-state index contributed by atoms with van der Waals surface area (Å²) in [5.41, 5.74) is 1.14. The molecule has 1 rings (SSSR count). The summed E-state index contributed by atoms with van der Waals surface area (Å²) >= 11 is 0. The normalized spacial score (nSPS) is 11.5. The second kappa shape index (κ2) is 5.77. The minimum Gasteiger partial charge on any atom is -0.376 e. The van der Waals surface area contributed by atoms with Crippen molar-refractivity contribution in [3.63, 3.8) is 0 Å². The number of nitro benzene ring substituents is 1. The predicted molar refractivity (Wildman–Crippen MR) is 67.1 cm³/mol. The Kier molecular flexibility index (Phi) is 4.63. The van der Waals surface area contributed by atoms with Gasteiger partial charge in [-0.2, -0.15) is 0 Å². The van der Waals surface area contributed by atoms with Crippen LogP contribution in [0, 0.1) is 10.1 Å². The van der Waals surface area contributed by atoms with Crippen LogP contribution in [-0.2, 0) is 11.2 Å². The van der Waals surface area contributed by atoms with Crippen LogP contribution in [0.25, 0.3) is 0 Å². The second-order valence-electron chi connectivity index (χ2n) is 4.99. The number of non-ortho nitro benzene ring substituents is 1. The van der Waals surface area contributed by atoms with Gasteiger partial charge in [-0.1, -0.05) is 12.1 Å². The van der Waals surface area contributed by atoms with E-state index >= 15 is 0 Å². The molecule has 0 saturated heterocycles. The van der Waals surface area contributed by atoms with Crippen molar-refractivity contribution in [1.29, 1.82) is 0 Å². The lowest BCUT2D eigenvalue weighted by Gasteiger charge is -2.19. The first-order valence-electron chi connectivity index (χ1n) is 5.76. The van der Waals surface area contributed by atoms with E-state index in [9.17, 15) is 10.1 Å². The molecule has 4 heteroatoms. The van der Waals surface area contributed by atoms with E-state index in [1.54, 1.807) is 24.3 Å². The minimum absolute atomic E-state index is 0.102. The molecule has 1 aromatic rings. The van der Waals surface area contributed by atoms with Crippen LogP contribution >= 0.6 is 0 Å². The van der Waals surface area contributed by atoms with E-state index in [1.807, 2.05) is 20.8 Å². The summed E-state index contributed by atoms with van der Waals surface area (Å²) in [4.78, 5) is 10.1. The lowest BCUT2D eigenvalue weighted by atomic mass is 10.1. The molecule has 0 saturated carbocycles. The summed E-state index contributed by atoms with van der Waals surface area (Å²) in [6.07, 6.45) is 1.81. The standard InChI is InChI=1S/C13H19NO3/c1-13(2,3)17-10-4-5-11-6-8-12(9-7-11)14(15)16/h6-9H,4-5,10H2,1-3H3. The maximum absolute atomic E-state index is 10.5. The third-order valence-corrected chi connectivity index (χ3v) is 2.29. The Morgan fingerprint density at radius 1 is 1.24 bits per heavy atom. The van der Waals surface area contributed by atoms with Crippen LogP contribution in [0.3, 0.4) is 0 Å². The zero-order valence-electron chi connectivity index (χ0n) is 10.6. The molecule has 4 nitrogen and oxygen atoms in total. The molecule has 0 spiro atoms. The number of rotatable bonds is 5. The van der Waals surface area contributed by atoms with E-state index < -0.39 is 0 Å². The fourth-order valence-electron chi connectivity index (χ4n) is 1.44. The Hall–Kier alpha value is -1.42. The van der Waals surface area contributed by atoms with Gasteiger partial charge in [0, 0.05) is 18.7 Å². The fourth-order valence-corrected chi connectivity index (χ4v) is 1.44. The van der Waals surface area contributed by atoms with Crippen LogP contribution in [-0.4, -0.2) is 17.1 Å². The number of hydrogen-bond donors (Lipinski definition) is 0. The van der Waals surface area contributed by atoms with Crippen molar-refractivity contribution in [1.82, 2.24) is 0 Å². The Morgan fingerprint density at radius 3 is 2.29 bits per heavy atom. The summed E-state index contributed by atoms with van der Waals surface area (Å²) in [7, 11) is 0. The van der Waals surface area contributed by atoms with Gasteiger partial charge < -0.3 is 4.74 Å². The third-order valence-electron chi connectivity index (χ3n) is 2.29. The molecule has 0 heterocycles. The molecule has 0 radical (unpaired) electrons. The van der Waals surface area contributed by atoms with Gasteiger partial charge in [0.1, 0.15) is 0 Å². The first-order chi connectivity index (χ1) is 7.88. The van der Waals surface area contributed by atoms with Crippen molar-refractivity contribution in [2.45, 2.75) is 39.2 Å². The Balaban J connectivity index is 2.35. The van der Waals surface area contributed by atoms with Crippen molar-refractivity contribution in [2.75, 3.05) is 6.61 Å². The van der Waals surface area contributed by atoms with E-state index in [4.69, 9.17) is 4.74 Å². The lowest BCUT2D eigenvalue weighted by molar-refractivity contribution is -0.384. The highest BCUT2D eigenvalue weighted by Crippen LogP contribution is 2.14. The first-order valence-corrected chi connectivity index (χ1v) is 5.76. The molecule has 17 heavy (non-hydrogen) atoms. The lowest BCUT2D eigenvalue weighted by Crippen LogP contribution is -2.19. The summed E-state index contributed by atoms with van der Waals surface area (Å²) in [6, 6.07) is 6.68. The van der Waals surface area contributed by atoms with Gasteiger partial charge in [-0.25, -0.2) is 0 Å². The zero-order valence-corrected chi connectivity index (χ0v) is 10.6. The van der Waals surface area contributed by atoms with E-state index in [1.165, 1.54) is 0 Å². The average molecular weight is 237 g/mol. The maximum Gasteiger partial charge on any atom is 0.269 e. The number of nitrogens with zero attached hydrogens (tertiary/aromatic N) is 1. The number of nitro groups is 1. The predicted octanol–water partition coefficient (Wildman–Crippen LogP) is 3.34. The molecule has 94 valence electrons. The maximum atomic E-state index is 10.5. The molecule has 0 aliphatic carbocycles. The molecule has 0 bridgehead atoms. The quantitative estimate of drug-likeness (QED) is 0.448. The smallest absolute Gasteiger partial charge is 0.269 e. The molecule has 0 aliphatic heterocycles. The topological polar surface area (TPSA) is 52.4 Å². The van der Waals surface area contributed by atoms with Crippen molar-refractivity contribution in [3.8, 4) is 0 Å². The molecule has 0 N–H and O–H groups in total. The van der Waals surface area contributed by atoms with Gasteiger partial charge >= 0.3 is 0 Å². The van der Waals surface area contributed by atoms with Crippen LogP contribution in [0.2, 0.25) is 0 Å². The number of aryl methyl sites for hydroxylation is 1. The highest BCUT2D eigenvalue weighted by atomic mass is 16.6. The van der Waals surface area contributed by atoms with E-state index in [-0.39, 0.29) is 16.2 Å². The van der Waals surface area contributed by atoms with Crippen molar-refractivity contribution >= 4 is 5.69 Å². The van der Waals surface area contributed by atoms with Crippen molar-refractivity contribution in [2.24, 2.45) is 0 Å². The minimum atomic E-state index is -0.382. The molecule has 0 aromatic heterocycles. The molecule has 0 amide bonds. The first kappa shape index (κ1) is 13.6. The summed E-state index contributed by atoms with van der Waals surface area (Å²) in [5.74, 6) is 0. The van der Waals surface area contributed by atoms with Gasteiger partial charge in [0.2, 0.25) is 0 Å². The number of hydrogen-bond acceptors (Lipinski definition) is 3. The number of benzene rings is 1. The van der Waals surface area contributed by atoms with Crippen molar-refractivity contribution in [3.05, 3.63) is 39.9 Å². The van der Waals surface area contributed by atoms with Crippen LogP contribution in [0.4, 0.5) is 5.69 Å². The third kappa shape index (κ3) is 5.45. The second-order valence-corrected chi connectivity index (χ2v) is 4.99. The van der Waals surface area contributed by atoms with E-state index in [2.05, 4.69) is 0 Å². The Bertz CT molecular complexity index is 365. The van der Waals surface area contributed by atoms with E-state index in [0.29, 0.717) is 6.61 Å². The molecular weight excluding hydrogens is 218 g/mol. The molecule has 1 aromatic carbocycles. The van der Waals surface area contributed by atoms with Gasteiger partial charge in [0.15, 0.2) is 0 Å². The highest BCUT2D eigenvalue weighted by molar-refractivity contribution is 5.32. The van der Waals surface area contributed by atoms with Gasteiger partial charge in [0.25, 0.3) is 5.69 Å². The van der Waals surface area contributed by atoms with Crippen LogP contribution in [0.1, 0.15) is 32.8 Å². The Labute approximate surface area is 102 Å².